The number of aliphatic hydroxyl groups is 1. The van der Waals surface area contributed by atoms with Gasteiger partial charge in [0.15, 0.2) is 0 Å². The lowest BCUT2D eigenvalue weighted by atomic mass is 9.94. The number of amides is 1. The Bertz CT molecular complexity index is 184. The molecule has 2 atom stereocenters. The van der Waals surface area contributed by atoms with Crippen LogP contribution >= 0.6 is 0 Å². The zero-order chi connectivity index (χ0) is 11.2. The van der Waals surface area contributed by atoms with Crippen LogP contribution in [-0.2, 0) is 9.53 Å². The maximum absolute atomic E-state index is 11.5. The van der Waals surface area contributed by atoms with Gasteiger partial charge in [-0.1, -0.05) is 6.92 Å². The van der Waals surface area contributed by atoms with E-state index < -0.39 is 6.10 Å². The van der Waals surface area contributed by atoms with Crippen molar-refractivity contribution in [3.8, 4) is 0 Å². The van der Waals surface area contributed by atoms with E-state index in [1.54, 1.807) is 6.92 Å². The van der Waals surface area contributed by atoms with Gasteiger partial charge in [0.1, 0.15) is 6.10 Å². The van der Waals surface area contributed by atoms with Crippen LogP contribution in [0.5, 0.6) is 0 Å². The summed E-state index contributed by atoms with van der Waals surface area (Å²) in [6, 6.07) is 0. The first-order valence-corrected chi connectivity index (χ1v) is 4.94. The molecule has 0 aliphatic carbocycles. The van der Waals surface area contributed by atoms with Crippen molar-refractivity contribution in [2.75, 3.05) is 13.7 Å². The van der Waals surface area contributed by atoms with Gasteiger partial charge in [-0.25, -0.2) is 0 Å². The first-order valence-electron chi connectivity index (χ1n) is 4.94. The summed E-state index contributed by atoms with van der Waals surface area (Å²) in [5, 5.41) is 11.7. The number of hydrogen-bond donors (Lipinski definition) is 2. The van der Waals surface area contributed by atoms with E-state index in [1.165, 1.54) is 7.11 Å². The molecule has 0 saturated heterocycles. The Hall–Kier alpha value is -0.610. The van der Waals surface area contributed by atoms with Crippen molar-refractivity contribution in [2.45, 2.75) is 45.3 Å². The van der Waals surface area contributed by atoms with Crippen LogP contribution in [0.3, 0.4) is 0 Å². The minimum absolute atomic E-state index is 0.0754. The summed E-state index contributed by atoms with van der Waals surface area (Å²) in [5.41, 5.74) is -0.335. The highest BCUT2D eigenvalue weighted by Gasteiger charge is 2.25. The van der Waals surface area contributed by atoms with E-state index in [1.807, 2.05) is 13.8 Å². The highest BCUT2D eigenvalue weighted by Crippen LogP contribution is 2.13. The van der Waals surface area contributed by atoms with Gasteiger partial charge in [0, 0.05) is 19.3 Å². The van der Waals surface area contributed by atoms with E-state index in [0.29, 0.717) is 6.42 Å². The number of rotatable bonds is 6. The fourth-order valence-corrected chi connectivity index (χ4v) is 1.08. The number of hydrogen-bond acceptors (Lipinski definition) is 3. The fraction of sp³-hybridized carbons (Fsp3) is 0.900. The molecule has 84 valence electrons. The Morgan fingerprint density at radius 2 is 2.21 bits per heavy atom. The third-order valence-electron chi connectivity index (χ3n) is 2.59. The van der Waals surface area contributed by atoms with Gasteiger partial charge in [-0.05, 0) is 26.7 Å². The molecule has 2 unspecified atom stereocenters. The van der Waals surface area contributed by atoms with E-state index in [2.05, 4.69) is 5.32 Å². The molecule has 4 heteroatoms. The number of ether oxygens (including phenoxy) is 1. The first kappa shape index (κ1) is 13.4. The Labute approximate surface area is 85.6 Å². The number of carbonyl (C=O) groups excluding carboxylic acids is 1. The maximum atomic E-state index is 11.5. The SMILES string of the molecule is CCC(C)(CCO)NC(=O)C(C)OC. The molecule has 0 aromatic heterocycles. The molecule has 0 heterocycles. The van der Waals surface area contributed by atoms with Gasteiger partial charge >= 0.3 is 0 Å². The van der Waals surface area contributed by atoms with Crippen molar-refractivity contribution in [1.29, 1.82) is 0 Å². The lowest BCUT2D eigenvalue weighted by molar-refractivity contribution is -0.132. The summed E-state index contributed by atoms with van der Waals surface area (Å²) < 4.78 is 4.91. The summed E-state index contributed by atoms with van der Waals surface area (Å²) in [5.74, 6) is -0.134. The van der Waals surface area contributed by atoms with E-state index in [9.17, 15) is 4.79 Å². The standard InChI is InChI=1S/C10H21NO3/c1-5-10(3,6-7-12)11-9(13)8(2)14-4/h8,12H,5-7H2,1-4H3,(H,11,13). The van der Waals surface area contributed by atoms with Crippen LogP contribution < -0.4 is 5.32 Å². The normalized spacial score (nSPS) is 17.2. The quantitative estimate of drug-likeness (QED) is 0.667. The Morgan fingerprint density at radius 3 is 2.57 bits per heavy atom. The van der Waals surface area contributed by atoms with Crippen LogP contribution in [0, 0.1) is 0 Å². The molecule has 0 spiro atoms. The van der Waals surface area contributed by atoms with Gasteiger partial charge < -0.3 is 15.2 Å². The second-order valence-corrected chi connectivity index (χ2v) is 3.76. The van der Waals surface area contributed by atoms with Gasteiger partial charge in [0.2, 0.25) is 5.91 Å². The summed E-state index contributed by atoms with van der Waals surface area (Å²) in [6.07, 6.45) is 0.904. The van der Waals surface area contributed by atoms with E-state index >= 15 is 0 Å². The summed E-state index contributed by atoms with van der Waals surface area (Å²) in [4.78, 5) is 11.5. The number of carbonyl (C=O) groups is 1. The zero-order valence-corrected chi connectivity index (χ0v) is 9.46. The van der Waals surface area contributed by atoms with Crippen LogP contribution in [0.15, 0.2) is 0 Å². The second kappa shape index (κ2) is 5.98. The average molecular weight is 203 g/mol. The molecule has 0 fully saturated rings. The molecule has 4 nitrogen and oxygen atoms in total. The largest absolute Gasteiger partial charge is 0.396 e. The zero-order valence-electron chi connectivity index (χ0n) is 9.46. The van der Waals surface area contributed by atoms with Crippen molar-refractivity contribution in [2.24, 2.45) is 0 Å². The highest BCUT2D eigenvalue weighted by atomic mass is 16.5. The van der Waals surface area contributed by atoms with Gasteiger partial charge in [-0.15, -0.1) is 0 Å². The maximum Gasteiger partial charge on any atom is 0.249 e. The molecule has 0 radical (unpaired) electrons. The molecule has 0 rings (SSSR count). The van der Waals surface area contributed by atoms with E-state index in [4.69, 9.17) is 9.84 Å². The Morgan fingerprint density at radius 1 is 1.64 bits per heavy atom. The molecule has 0 saturated carbocycles. The predicted octanol–water partition coefficient (Wildman–Crippen LogP) is 0.689. The van der Waals surface area contributed by atoms with Crippen LogP contribution in [0.4, 0.5) is 0 Å². The third kappa shape index (κ3) is 4.07. The molecular weight excluding hydrogens is 182 g/mol. The molecule has 0 aliphatic heterocycles. The predicted molar refractivity (Wildman–Crippen MR) is 55.0 cm³/mol. The van der Waals surface area contributed by atoms with Crippen molar-refractivity contribution in [3.05, 3.63) is 0 Å². The van der Waals surface area contributed by atoms with Gasteiger partial charge in [-0.3, -0.25) is 4.79 Å². The average Bonchev–Trinajstić information content (AvgIpc) is 2.16. The van der Waals surface area contributed by atoms with Crippen LogP contribution in [0.2, 0.25) is 0 Å². The molecule has 1 amide bonds. The molecule has 0 aromatic rings. The van der Waals surface area contributed by atoms with Crippen LogP contribution in [-0.4, -0.2) is 36.4 Å². The lowest BCUT2D eigenvalue weighted by Gasteiger charge is -2.30. The van der Waals surface area contributed by atoms with Gasteiger partial charge in [0.05, 0.1) is 0 Å². The summed E-state index contributed by atoms with van der Waals surface area (Å²) >= 11 is 0. The minimum atomic E-state index is -0.445. The highest BCUT2D eigenvalue weighted by molar-refractivity contribution is 5.81. The van der Waals surface area contributed by atoms with Crippen LogP contribution in [0.1, 0.15) is 33.6 Å². The van der Waals surface area contributed by atoms with Crippen molar-refractivity contribution < 1.29 is 14.6 Å². The fourth-order valence-electron chi connectivity index (χ4n) is 1.08. The summed E-state index contributed by atoms with van der Waals surface area (Å²) in [7, 11) is 1.50. The summed E-state index contributed by atoms with van der Waals surface area (Å²) in [6.45, 7) is 5.67. The Kier molecular flexibility index (Phi) is 5.72. The molecule has 0 bridgehead atoms. The van der Waals surface area contributed by atoms with Crippen molar-refractivity contribution in [1.82, 2.24) is 5.32 Å². The number of methoxy groups -OCH3 is 1. The second-order valence-electron chi connectivity index (χ2n) is 3.76. The topological polar surface area (TPSA) is 58.6 Å². The molecule has 2 N–H and O–H groups in total. The van der Waals surface area contributed by atoms with Crippen LogP contribution in [0.25, 0.3) is 0 Å². The molecule has 14 heavy (non-hydrogen) atoms. The molecule has 0 aliphatic rings. The first-order chi connectivity index (χ1) is 6.49. The number of aliphatic hydroxyl groups excluding tert-OH is 1. The van der Waals surface area contributed by atoms with Crippen molar-refractivity contribution >= 4 is 5.91 Å². The number of nitrogens with one attached hydrogen (secondary N) is 1. The van der Waals surface area contributed by atoms with E-state index in [-0.39, 0.29) is 18.1 Å². The smallest absolute Gasteiger partial charge is 0.249 e. The van der Waals surface area contributed by atoms with E-state index in [0.717, 1.165) is 6.42 Å². The lowest BCUT2D eigenvalue weighted by Crippen LogP contribution is -2.49. The minimum Gasteiger partial charge on any atom is -0.396 e. The van der Waals surface area contributed by atoms with Crippen molar-refractivity contribution in [3.63, 3.8) is 0 Å². The van der Waals surface area contributed by atoms with Gasteiger partial charge in [0.25, 0.3) is 0 Å². The Balaban J connectivity index is 4.23. The molecule has 0 aromatic carbocycles. The third-order valence-corrected chi connectivity index (χ3v) is 2.59. The van der Waals surface area contributed by atoms with Gasteiger partial charge in [-0.2, -0.15) is 0 Å². The monoisotopic (exact) mass is 203 g/mol. The molecular formula is C10H21NO3.